The second-order valence-corrected chi connectivity index (χ2v) is 9.56. The Bertz CT molecular complexity index is 1500. The fourth-order valence-electron chi connectivity index (χ4n) is 4.60. The van der Waals surface area contributed by atoms with E-state index in [1.807, 2.05) is 13.0 Å². The molecule has 0 saturated heterocycles. The molecule has 3 aromatic heterocycles. The van der Waals surface area contributed by atoms with E-state index in [2.05, 4.69) is 19.9 Å². The van der Waals surface area contributed by atoms with Crippen molar-refractivity contribution >= 4 is 0 Å². The zero-order valence-electron chi connectivity index (χ0n) is 22.0. The maximum absolute atomic E-state index is 13.2. The smallest absolute Gasteiger partial charge is 0.404 e. The highest BCUT2D eigenvalue weighted by molar-refractivity contribution is 5.57. The summed E-state index contributed by atoms with van der Waals surface area (Å²) in [7, 11) is 0. The van der Waals surface area contributed by atoms with Crippen LogP contribution in [0.25, 0.3) is 11.3 Å². The zero-order valence-corrected chi connectivity index (χ0v) is 22.0. The lowest BCUT2D eigenvalue weighted by atomic mass is 9.84. The average Bonchev–Trinajstić information content (AvgIpc) is 3.42. The van der Waals surface area contributed by atoms with Gasteiger partial charge in [-0.1, -0.05) is 31.4 Å². The summed E-state index contributed by atoms with van der Waals surface area (Å²) < 4.78 is 82.0. The molecule has 1 aliphatic rings. The molecule has 0 amide bonds. The number of aromatic nitrogens is 5. The third-order valence-electron chi connectivity index (χ3n) is 6.50. The Morgan fingerprint density at radius 2 is 1.83 bits per heavy atom. The Kier molecular flexibility index (Phi) is 9.46. The number of rotatable bonds is 6. The lowest BCUT2D eigenvalue weighted by molar-refractivity contribution is -0.275. The number of pyridine rings is 1. The first-order chi connectivity index (χ1) is 19.5. The van der Waals surface area contributed by atoms with E-state index in [9.17, 15) is 31.1 Å². The fraction of sp³-hybridized carbons (Fsp3) is 0.357. The summed E-state index contributed by atoms with van der Waals surface area (Å²) in [6, 6.07) is 10.4. The van der Waals surface area contributed by atoms with Gasteiger partial charge in [0.05, 0.1) is 18.4 Å². The van der Waals surface area contributed by atoms with Gasteiger partial charge in [0.1, 0.15) is 11.5 Å². The second kappa shape index (κ2) is 13.0. The topological polar surface area (TPSA) is 74.8 Å². The van der Waals surface area contributed by atoms with Gasteiger partial charge in [0, 0.05) is 23.5 Å². The van der Waals surface area contributed by atoms with Crippen LogP contribution in [-0.4, -0.2) is 30.9 Å². The van der Waals surface area contributed by atoms with Crippen molar-refractivity contribution in [2.75, 3.05) is 0 Å². The summed E-state index contributed by atoms with van der Waals surface area (Å²) in [6.45, 7) is -1.37. The molecule has 7 nitrogen and oxygen atoms in total. The van der Waals surface area contributed by atoms with Gasteiger partial charge in [-0.25, -0.2) is 13.8 Å². The molecule has 0 atom stereocenters. The molecule has 5 rings (SSSR count). The van der Waals surface area contributed by atoms with Crippen molar-refractivity contribution in [2.24, 2.45) is 0 Å². The van der Waals surface area contributed by atoms with E-state index in [4.69, 9.17) is 0 Å². The van der Waals surface area contributed by atoms with Crippen LogP contribution in [0.1, 0.15) is 61.4 Å². The van der Waals surface area contributed by atoms with Crippen LogP contribution in [0, 0.1) is 12.7 Å². The van der Waals surface area contributed by atoms with Gasteiger partial charge in [0.2, 0.25) is 0 Å². The van der Waals surface area contributed by atoms with Crippen molar-refractivity contribution in [3.8, 4) is 17.0 Å². The first-order valence-electron chi connectivity index (χ1n) is 12.9. The van der Waals surface area contributed by atoms with Crippen LogP contribution >= 0.6 is 0 Å². The van der Waals surface area contributed by atoms with Gasteiger partial charge in [-0.05, 0) is 61.6 Å². The molecule has 0 unspecified atom stereocenters. The maximum Gasteiger partial charge on any atom is 0.573 e. The molecule has 218 valence electrons. The molecule has 1 fully saturated rings. The highest BCUT2D eigenvalue weighted by atomic mass is 19.4. The Labute approximate surface area is 231 Å². The van der Waals surface area contributed by atoms with E-state index in [1.165, 1.54) is 30.6 Å². The summed E-state index contributed by atoms with van der Waals surface area (Å²) >= 11 is 0. The Morgan fingerprint density at radius 3 is 2.44 bits per heavy atom. The number of hydrogen-bond donors (Lipinski definition) is 0. The van der Waals surface area contributed by atoms with Gasteiger partial charge < -0.3 is 4.74 Å². The van der Waals surface area contributed by atoms with Gasteiger partial charge in [0.15, 0.2) is 5.75 Å². The Balaban J connectivity index is 0.000000417. The zero-order chi connectivity index (χ0) is 29.6. The van der Waals surface area contributed by atoms with Crippen LogP contribution in [0.15, 0.2) is 65.8 Å². The minimum Gasteiger partial charge on any atom is -0.404 e. The van der Waals surface area contributed by atoms with E-state index >= 15 is 0 Å². The minimum absolute atomic E-state index is 0.0565. The molecule has 0 aliphatic heterocycles. The van der Waals surface area contributed by atoms with Crippen LogP contribution in [0.2, 0.25) is 0 Å². The predicted octanol–water partition coefficient (Wildman–Crippen LogP) is 7.03. The van der Waals surface area contributed by atoms with E-state index < -0.39 is 24.2 Å². The van der Waals surface area contributed by atoms with Gasteiger partial charge in [-0.15, -0.1) is 13.2 Å². The molecule has 0 N–H and O–H groups in total. The van der Waals surface area contributed by atoms with E-state index in [1.54, 1.807) is 12.1 Å². The van der Waals surface area contributed by atoms with Crippen molar-refractivity contribution in [3.05, 3.63) is 94.0 Å². The first kappa shape index (κ1) is 29.8. The Morgan fingerprint density at radius 1 is 1.07 bits per heavy atom. The van der Waals surface area contributed by atoms with Crippen molar-refractivity contribution < 1.29 is 31.1 Å². The fourth-order valence-corrected chi connectivity index (χ4v) is 4.60. The third-order valence-corrected chi connectivity index (χ3v) is 6.50. The van der Waals surface area contributed by atoms with Crippen molar-refractivity contribution in [2.45, 2.75) is 64.4 Å². The number of nitrogens with zero attached hydrogens (tertiary/aromatic N) is 5. The van der Waals surface area contributed by atoms with Crippen LogP contribution in [0.3, 0.4) is 0 Å². The lowest BCUT2D eigenvalue weighted by Gasteiger charge is -2.22. The second-order valence-electron chi connectivity index (χ2n) is 9.56. The van der Waals surface area contributed by atoms with Crippen LogP contribution < -0.4 is 10.3 Å². The predicted molar refractivity (Wildman–Crippen MR) is 138 cm³/mol. The largest absolute Gasteiger partial charge is 0.573 e. The molecule has 0 radical (unpaired) electrons. The molecular formula is C28H27F6N5O2. The van der Waals surface area contributed by atoms with Gasteiger partial charge in [0.25, 0.3) is 5.56 Å². The molecule has 0 spiro atoms. The SMILES string of the molecule is Cc1cccc(F)c1.O=c1c(C2CCCCC2)cc(-c2cnn(C(F)F)c2)nn1Cc1ncccc1OC(F)(F)F. The standard InChI is InChI=1S/C21H20F5N5O2.C7H7F/c22-20(23)31-11-14(10-28-31)16-9-15(13-5-2-1-3-6-13)19(32)30(29-16)12-17-18(7-4-8-27-17)33-21(24,25)26;1-6-3-2-4-7(8)5-6/h4,7-11,13,20H,1-3,5-6,12H2;2-5H,1H3. The van der Waals surface area contributed by atoms with Crippen LogP contribution in [0.4, 0.5) is 26.3 Å². The van der Waals surface area contributed by atoms with Crippen LogP contribution in [-0.2, 0) is 6.54 Å². The molecule has 1 saturated carbocycles. The normalized spacial score (nSPS) is 14.0. The monoisotopic (exact) mass is 579 g/mol. The highest BCUT2D eigenvalue weighted by Crippen LogP contribution is 2.33. The summed E-state index contributed by atoms with van der Waals surface area (Å²) in [5.74, 6) is -0.766. The van der Waals surface area contributed by atoms with Crippen LogP contribution in [0.5, 0.6) is 5.75 Å². The molecule has 41 heavy (non-hydrogen) atoms. The minimum atomic E-state index is -4.94. The summed E-state index contributed by atoms with van der Waals surface area (Å²) in [5.41, 5.74) is 1.28. The summed E-state index contributed by atoms with van der Waals surface area (Å²) in [5, 5.41) is 7.84. The third kappa shape index (κ3) is 8.18. The molecule has 1 aromatic carbocycles. The number of alkyl halides is 5. The average molecular weight is 580 g/mol. The van der Waals surface area contributed by atoms with Gasteiger partial charge in [-0.3, -0.25) is 9.78 Å². The highest BCUT2D eigenvalue weighted by Gasteiger charge is 2.32. The first-order valence-corrected chi connectivity index (χ1v) is 12.9. The molecule has 13 heteroatoms. The number of halogens is 6. The molecule has 1 aliphatic carbocycles. The van der Waals surface area contributed by atoms with E-state index in [0.717, 1.165) is 54.6 Å². The maximum atomic E-state index is 13.2. The Hall–Kier alpha value is -4.16. The lowest BCUT2D eigenvalue weighted by Crippen LogP contribution is -2.30. The molecule has 4 aromatic rings. The van der Waals surface area contributed by atoms with Gasteiger partial charge >= 0.3 is 12.9 Å². The van der Waals surface area contributed by atoms with Gasteiger partial charge in [-0.2, -0.15) is 19.0 Å². The summed E-state index contributed by atoms with van der Waals surface area (Å²) in [4.78, 5) is 17.2. The van der Waals surface area contributed by atoms with Crippen molar-refractivity contribution in [1.29, 1.82) is 0 Å². The summed E-state index contributed by atoms with van der Waals surface area (Å²) in [6.07, 6.45) is 3.14. The molecular weight excluding hydrogens is 552 g/mol. The van der Waals surface area contributed by atoms with E-state index in [0.29, 0.717) is 10.2 Å². The van der Waals surface area contributed by atoms with E-state index in [-0.39, 0.29) is 35.2 Å². The number of benzene rings is 1. The number of aryl methyl sites for hydroxylation is 1. The quantitative estimate of drug-likeness (QED) is 0.230. The van der Waals surface area contributed by atoms with Crippen molar-refractivity contribution in [3.63, 3.8) is 0 Å². The molecule has 3 heterocycles. The number of hydrogen-bond acceptors (Lipinski definition) is 5. The van der Waals surface area contributed by atoms with Crippen molar-refractivity contribution in [1.82, 2.24) is 24.5 Å². The number of ether oxygens (including phenoxy) is 1. The molecule has 0 bridgehead atoms.